The van der Waals surface area contributed by atoms with E-state index in [1.807, 2.05) is 0 Å². The van der Waals surface area contributed by atoms with Crippen LogP contribution in [-0.4, -0.2) is 36.1 Å². The van der Waals surface area contributed by atoms with E-state index in [0.29, 0.717) is 6.04 Å². The minimum atomic E-state index is 0.265. The first-order valence-corrected chi connectivity index (χ1v) is 6.07. The summed E-state index contributed by atoms with van der Waals surface area (Å²) in [7, 11) is 0. The summed E-state index contributed by atoms with van der Waals surface area (Å²) in [4.78, 5) is 2.60. The van der Waals surface area contributed by atoms with Crippen molar-refractivity contribution in [1.29, 1.82) is 0 Å². The lowest BCUT2D eigenvalue weighted by Gasteiger charge is -2.44. The van der Waals surface area contributed by atoms with Gasteiger partial charge in [-0.1, -0.05) is 18.6 Å². The van der Waals surface area contributed by atoms with E-state index in [-0.39, 0.29) is 5.54 Å². The third-order valence-corrected chi connectivity index (χ3v) is 3.14. The van der Waals surface area contributed by atoms with Crippen molar-refractivity contribution in [3.63, 3.8) is 0 Å². The lowest BCUT2D eigenvalue weighted by atomic mass is 9.97. The molecule has 1 aliphatic rings. The van der Waals surface area contributed by atoms with Gasteiger partial charge in [-0.3, -0.25) is 4.90 Å². The van der Waals surface area contributed by atoms with Crippen molar-refractivity contribution >= 4 is 0 Å². The SMILES string of the molecule is CCC1CNC(C)(C)CN1CC=C(C)C. The summed E-state index contributed by atoms with van der Waals surface area (Å²) in [6.45, 7) is 14.6. The number of hydrogen-bond acceptors (Lipinski definition) is 2. The molecule has 1 heterocycles. The van der Waals surface area contributed by atoms with Crippen LogP contribution in [0.2, 0.25) is 0 Å². The Morgan fingerprint density at radius 3 is 2.67 bits per heavy atom. The van der Waals surface area contributed by atoms with Gasteiger partial charge in [0.1, 0.15) is 0 Å². The molecule has 0 bridgehead atoms. The first-order valence-electron chi connectivity index (χ1n) is 6.07. The second-order valence-corrected chi connectivity index (χ2v) is 5.54. The van der Waals surface area contributed by atoms with Gasteiger partial charge in [0.05, 0.1) is 0 Å². The van der Waals surface area contributed by atoms with Crippen LogP contribution in [0.25, 0.3) is 0 Å². The van der Waals surface area contributed by atoms with E-state index in [4.69, 9.17) is 0 Å². The molecule has 88 valence electrons. The zero-order valence-electron chi connectivity index (χ0n) is 10.9. The highest BCUT2D eigenvalue weighted by Crippen LogP contribution is 2.17. The standard InChI is InChI=1S/C13H26N2/c1-6-12-9-14-13(4,5)10-15(12)8-7-11(2)3/h7,12,14H,6,8-10H2,1-5H3. The largest absolute Gasteiger partial charge is 0.309 e. The summed E-state index contributed by atoms with van der Waals surface area (Å²) >= 11 is 0. The fourth-order valence-corrected chi connectivity index (χ4v) is 2.13. The normalized spacial score (nSPS) is 26.3. The number of nitrogens with one attached hydrogen (secondary N) is 1. The molecule has 2 heteroatoms. The Morgan fingerprint density at radius 2 is 2.13 bits per heavy atom. The molecule has 0 radical (unpaired) electrons. The zero-order chi connectivity index (χ0) is 11.5. The maximum atomic E-state index is 3.61. The summed E-state index contributed by atoms with van der Waals surface area (Å²) in [5.74, 6) is 0. The molecule has 1 N–H and O–H groups in total. The molecule has 2 nitrogen and oxygen atoms in total. The summed E-state index contributed by atoms with van der Waals surface area (Å²) in [6, 6.07) is 0.702. The van der Waals surface area contributed by atoms with Gasteiger partial charge in [-0.05, 0) is 34.1 Å². The Morgan fingerprint density at radius 1 is 1.47 bits per heavy atom. The molecule has 0 spiro atoms. The van der Waals surface area contributed by atoms with Crippen LogP contribution in [0.3, 0.4) is 0 Å². The summed E-state index contributed by atoms with van der Waals surface area (Å²) < 4.78 is 0. The molecule has 0 saturated carbocycles. The van der Waals surface area contributed by atoms with Crippen LogP contribution in [-0.2, 0) is 0 Å². The Bertz CT molecular complexity index is 227. The number of hydrogen-bond donors (Lipinski definition) is 1. The van der Waals surface area contributed by atoms with E-state index in [1.165, 1.54) is 12.0 Å². The van der Waals surface area contributed by atoms with Gasteiger partial charge in [-0.25, -0.2) is 0 Å². The van der Waals surface area contributed by atoms with Crippen LogP contribution in [0.1, 0.15) is 41.0 Å². The second kappa shape index (κ2) is 5.13. The zero-order valence-corrected chi connectivity index (χ0v) is 10.9. The molecule has 0 amide bonds. The van der Waals surface area contributed by atoms with Crippen LogP contribution >= 0.6 is 0 Å². The van der Waals surface area contributed by atoms with Gasteiger partial charge < -0.3 is 5.32 Å². The first-order chi connectivity index (χ1) is 6.94. The van der Waals surface area contributed by atoms with Gasteiger partial charge in [-0.15, -0.1) is 0 Å². The third kappa shape index (κ3) is 3.96. The third-order valence-electron chi connectivity index (χ3n) is 3.14. The van der Waals surface area contributed by atoms with Gasteiger partial charge in [0.15, 0.2) is 0 Å². The van der Waals surface area contributed by atoms with Gasteiger partial charge in [-0.2, -0.15) is 0 Å². The van der Waals surface area contributed by atoms with E-state index in [2.05, 4.69) is 50.9 Å². The molecule has 0 aliphatic carbocycles. The summed E-state index contributed by atoms with van der Waals surface area (Å²) in [5.41, 5.74) is 1.68. The van der Waals surface area contributed by atoms with Crippen molar-refractivity contribution in [3.05, 3.63) is 11.6 Å². The predicted molar refractivity (Wildman–Crippen MR) is 67.2 cm³/mol. The maximum Gasteiger partial charge on any atom is 0.0253 e. The molecule has 1 fully saturated rings. The van der Waals surface area contributed by atoms with Gasteiger partial charge >= 0.3 is 0 Å². The van der Waals surface area contributed by atoms with E-state index < -0.39 is 0 Å². The van der Waals surface area contributed by atoms with Gasteiger partial charge in [0.2, 0.25) is 0 Å². The van der Waals surface area contributed by atoms with E-state index in [0.717, 1.165) is 19.6 Å². The Labute approximate surface area is 94.7 Å². The van der Waals surface area contributed by atoms with Crippen molar-refractivity contribution in [2.45, 2.75) is 52.6 Å². The number of allylic oxidation sites excluding steroid dienone is 1. The highest BCUT2D eigenvalue weighted by atomic mass is 15.2. The smallest absolute Gasteiger partial charge is 0.0253 e. The first kappa shape index (κ1) is 12.7. The quantitative estimate of drug-likeness (QED) is 0.720. The van der Waals surface area contributed by atoms with Crippen molar-refractivity contribution in [2.75, 3.05) is 19.6 Å². The van der Waals surface area contributed by atoms with Crippen molar-refractivity contribution in [2.24, 2.45) is 0 Å². The maximum absolute atomic E-state index is 3.61. The van der Waals surface area contributed by atoms with Crippen LogP contribution < -0.4 is 5.32 Å². The molecule has 1 aliphatic heterocycles. The lowest BCUT2D eigenvalue weighted by Crippen LogP contribution is -2.61. The average molecular weight is 210 g/mol. The monoisotopic (exact) mass is 210 g/mol. The highest BCUT2D eigenvalue weighted by Gasteiger charge is 2.30. The van der Waals surface area contributed by atoms with Crippen molar-refractivity contribution in [1.82, 2.24) is 10.2 Å². The minimum absolute atomic E-state index is 0.265. The molecule has 1 atom stereocenters. The highest BCUT2D eigenvalue weighted by molar-refractivity contribution is 4.99. The number of nitrogens with zero attached hydrogens (tertiary/aromatic N) is 1. The topological polar surface area (TPSA) is 15.3 Å². The fraction of sp³-hybridized carbons (Fsp3) is 0.846. The van der Waals surface area contributed by atoms with Crippen LogP contribution in [0.5, 0.6) is 0 Å². The molecule has 1 unspecified atom stereocenters. The van der Waals surface area contributed by atoms with Crippen LogP contribution in [0.15, 0.2) is 11.6 Å². The van der Waals surface area contributed by atoms with E-state index >= 15 is 0 Å². The Kier molecular flexibility index (Phi) is 4.35. The van der Waals surface area contributed by atoms with Crippen LogP contribution in [0.4, 0.5) is 0 Å². The molecule has 0 aromatic carbocycles. The molecular weight excluding hydrogens is 184 g/mol. The molecular formula is C13H26N2. The Hall–Kier alpha value is -0.340. The van der Waals surface area contributed by atoms with Gasteiger partial charge in [0, 0.05) is 31.2 Å². The lowest BCUT2D eigenvalue weighted by molar-refractivity contribution is 0.105. The average Bonchev–Trinajstić information content (AvgIpc) is 2.13. The van der Waals surface area contributed by atoms with E-state index in [9.17, 15) is 0 Å². The predicted octanol–water partition coefficient (Wildman–Crippen LogP) is 2.42. The van der Waals surface area contributed by atoms with Crippen molar-refractivity contribution in [3.8, 4) is 0 Å². The van der Waals surface area contributed by atoms with Crippen molar-refractivity contribution < 1.29 is 0 Å². The van der Waals surface area contributed by atoms with Crippen LogP contribution in [0, 0.1) is 0 Å². The molecule has 15 heavy (non-hydrogen) atoms. The number of rotatable bonds is 3. The fourth-order valence-electron chi connectivity index (χ4n) is 2.13. The molecule has 1 rings (SSSR count). The Balaban J connectivity index is 2.59. The summed E-state index contributed by atoms with van der Waals surface area (Å²) in [5, 5.41) is 3.61. The minimum Gasteiger partial charge on any atom is -0.309 e. The number of piperazine rings is 1. The second-order valence-electron chi connectivity index (χ2n) is 5.54. The van der Waals surface area contributed by atoms with E-state index in [1.54, 1.807) is 0 Å². The molecule has 0 aromatic rings. The molecule has 1 saturated heterocycles. The summed E-state index contributed by atoms with van der Waals surface area (Å²) in [6.07, 6.45) is 3.57. The molecule has 0 aromatic heterocycles. The van der Waals surface area contributed by atoms with Gasteiger partial charge in [0.25, 0.3) is 0 Å².